The fourth-order valence-corrected chi connectivity index (χ4v) is 2.99. The molecule has 2 aromatic heterocycles. The van der Waals surface area contributed by atoms with E-state index in [9.17, 15) is 0 Å². The molecular weight excluding hydrogens is 441 g/mol. The third-order valence-corrected chi connectivity index (χ3v) is 4.87. The molecular formula is C14H9Br2Cl2N3. The Morgan fingerprint density at radius 3 is 2.67 bits per heavy atom. The first-order chi connectivity index (χ1) is 9.97. The standard InChI is InChI=1S/C14H9Br2Cl2N3/c1-7(17)13-20-12-4-8(15)6-19-14(12)21(13)9-2-3-10(16)11(18)5-9/h2-7H,1H3. The second kappa shape index (κ2) is 5.88. The van der Waals surface area contributed by atoms with E-state index in [-0.39, 0.29) is 5.38 Å². The number of hydrogen-bond acceptors (Lipinski definition) is 2. The fourth-order valence-electron chi connectivity index (χ4n) is 2.10. The molecule has 7 heteroatoms. The van der Waals surface area contributed by atoms with Gasteiger partial charge in [-0.3, -0.25) is 4.57 Å². The van der Waals surface area contributed by atoms with Crippen molar-refractivity contribution in [1.29, 1.82) is 0 Å². The van der Waals surface area contributed by atoms with E-state index in [0.717, 1.165) is 31.6 Å². The summed E-state index contributed by atoms with van der Waals surface area (Å²) in [5.41, 5.74) is 2.41. The number of imidazole rings is 1. The van der Waals surface area contributed by atoms with E-state index < -0.39 is 0 Å². The number of hydrogen-bond donors (Lipinski definition) is 0. The smallest absolute Gasteiger partial charge is 0.164 e. The summed E-state index contributed by atoms with van der Waals surface area (Å²) < 4.78 is 3.65. The molecule has 3 rings (SSSR count). The Morgan fingerprint density at radius 2 is 2.00 bits per heavy atom. The molecule has 0 fully saturated rings. The van der Waals surface area contributed by atoms with Crippen LogP contribution in [-0.4, -0.2) is 14.5 Å². The molecule has 1 atom stereocenters. The summed E-state index contributed by atoms with van der Waals surface area (Å²) >= 11 is 19.3. The summed E-state index contributed by atoms with van der Waals surface area (Å²) in [4.78, 5) is 9.04. The van der Waals surface area contributed by atoms with Crippen LogP contribution in [0.4, 0.5) is 0 Å². The third kappa shape index (κ3) is 2.84. The number of aromatic nitrogens is 3. The van der Waals surface area contributed by atoms with Crippen molar-refractivity contribution < 1.29 is 0 Å². The summed E-state index contributed by atoms with van der Waals surface area (Å²) in [6, 6.07) is 7.62. The highest BCUT2D eigenvalue weighted by atomic mass is 79.9. The van der Waals surface area contributed by atoms with Gasteiger partial charge < -0.3 is 0 Å². The van der Waals surface area contributed by atoms with Crippen molar-refractivity contribution in [3.63, 3.8) is 0 Å². The Morgan fingerprint density at radius 1 is 1.24 bits per heavy atom. The van der Waals surface area contributed by atoms with Gasteiger partial charge in [-0.15, -0.1) is 11.6 Å². The maximum atomic E-state index is 6.28. The van der Waals surface area contributed by atoms with Crippen LogP contribution in [0.25, 0.3) is 16.9 Å². The molecule has 0 radical (unpaired) electrons. The highest BCUT2D eigenvalue weighted by Gasteiger charge is 2.18. The first-order valence-electron chi connectivity index (χ1n) is 6.11. The predicted molar refractivity (Wildman–Crippen MR) is 93.5 cm³/mol. The van der Waals surface area contributed by atoms with Crippen molar-refractivity contribution in [2.45, 2.75) is 12.3 Å². The molecule has 21 heavy (non-hydrogen) atoms. The number of alkyl halides is 1. The maximum Gasteiger partial charge on any atom is 0.164 e. The van der Waals surface area contributed by atoms with E-state index in [1.165, 1.54) is 0 Å². The summed E-state index contributed by atoms with van der Waals surface area (Å²) in [6.45, 7) is 1.88. The summed E-state index contributed by atoms with van der Waals surface area (Å²) in [6.07, 6.45) is 1.74. The molecule has 0 aliphatic rings. The van der Waals surface area contributed by atoms with E-state index in [1.54, 1.807) is 6.20 Å². The number of rotatable bonds is 2. The van der Waals surface area contributed by atoms with Crippen molar-refractivity contribution in [1.82, 2.24) is 14.5 Å². The molecule has 2 heterocycles. The zero-order valence-electron chi connectivity index (χ0n) is 10.8. The van der Waals surface area contributed by atoms with E-state index in [2.05, 4.69) is 41.8 Å². The molecule has 108 valence electrons. The Hall–Kier alpha value is -0.620. The van der Waals surface area contributed by atoms with Gasteiger partial charge in [-0.05, 0) is 63.0 Å². The van der Waals surface area contributed by atoms with Crippen LogP contribution >= 0.6 is 55.1 Å². The van der Waals surface area contributed by atoms with Gasteiger partial charge in [0.2, 0.25) is 0 Å². The molecule has 3 aromatic rings. The van der Waals surface area contributed by atoms with Crippen molar-refractivity contribution in [2.75, 3.05) is 0 Å². The minimum absolute atomic E-state index is 0.250. The molecule has 0 saturated heterocycles. The highest BCUT2D eigenvalue weighted by molar-refractivity contribution is 9.10. The predicted octanol–water partition coefficient (Wildman–Crippen LogP) is 5.90. The lowest BCUT2D eigenvalue weighted by Crippen LogP contribution is -2.02. The summed E-state index contributed by atoms with van der Waals surface area (Å²) in [7, 11) is 0. The maximum absolute atomic E-state index is 6.28. The minimum Gasteiger partial charge on any atom is -0.279 e. The number of halogens is 4. The van der Waals surface area contributed by atoms with Crippen LogP contribution < -0.4 is 0 Å². The zero-order chi connectivity index (χ0) is 15.1. The van der Waals surface area contributed by atoms with Gasteiger partial charge in [-0.25, -0.2) is 9.97 Å². The first-order valence-corrected chi connectivity index (χ1v) is 8.51. The Bertz CT molecular complexity index is 830. The van der Waals surface area contributed by atoms with Gasteiger partial charge >= 0.3 is 0 Å². The van der Waals surface area contributed by atoms with Crippen LogP contribution in [0.1, 0.15) is 18.1 Å². The molecule has 1 unspecified atom stereocenters. The number of fused-ring (bicyclic) bond motifs is 1. The Labute approximate surface area is 148 Å². The topological polar surface area (TPSA) is 30.7 Å². The molecule has 0 spiro atoms. The molecule has 0 aliphatic heterocycles. The van der Waals surface area contributed by atoms with Gasteiger partial charge in [0, 0.05) is 15.1 Å². The third-order valence-electron chi connectivity index (χ3n) is 3.01. The van der Waals surface area contributed by atoms with E-state index in [4.69, 9.17) is 23.2 Å². The van der Waals surface area contributed by atoms with Gasteiger partial charge in [-0.2, -0.15) is 0 Å². The van der Waals surface area contributed by atoms with Crippen LogP contribution in [0.3, 0.4) is 0 Å². The number of pyridine rings is 1. The van der Waals surface area contributed by atoms with Crippen LogP contribution in [-0.2, 0) is 0 Å². The van der Waals surface area contributed by atoms with Crippen molar-refractivity contribution in [3.05, 3.63) is 50.3 Å². The Balaban J connectivity index is 2.33. The van der Waals surface area contributed by atoms with Crippen molar-refractivity contribution in [3.8, 4) is 5.69 Å². The first kappa shape index (κ1) is 15.3. The normalized spacial score (nSPS) is 12.8. The second-order valence-electron chi connectivity index (χ2n) is 4.52. The van der Waals surface area contributed by atoms with Crippen LogP contribution in [0.2, 0.25) is 5.02 Å². The largest absolute Gasteiger partial charge is 0.279 e. The lowest BCUT2D eigenvalue weighted by molar-refractivity contribution is 0.877. The molecule has 0 aliphatic carbocycles. The quantitative estimate of drug-likeness (QED) is 0.456. The Kier molecular flexibility index (Phi) is 4.28. The number of nitrogens with zero attached hydrogens (tertiary/aromatic N) is 3. The number of benzene rings is 1. The molecule has 0 saturated carbocycles. The van der Waals surface area contributed by atoms with E-state index in [0.29, 0.717) is 5.02 Å². The lowest BCUT2D eigenvalue weighted by atomic mass is 10.3. The lowest BCUT2D eigenvalue weighted by Gasteiger charge is -2.11. The van der Waals surface area contributed by atoms with Gasteiger partial charge in [-0.1, -0.05) is 11.6 Å². The molecule has 3 nitrogen and oxygen atoms in total. The molecule has 0 bridgehead atoms. The molecule has 0 N–H and O–H groups in total. The average Bonchev–Trinajstić information content (AvgIpc) is 2.80. The average molecular weight is 450 g/mol. The van der Waals surface area contributed by atoms with Gasteiger partial charge in [0.05, 0.1) is 16.1 Å². The van der Waals surface area contributed by atoms with E-state index >= 15 is 0 Å². The highest BCUT2D eigenvalue weighted by Crippen LogP contribution is 2.31. The second-order valence-corrected chi connectivity index (χ2v) is 7.35. The molecule has 0 amide bonds. The van der Waals surface area contributed by atoms with Crippen LogP contribution in [0, 0.1) is 0 Å². The minimum atomic E-state index is -0.250. The van der Waals surface area contributed by atoms with Gasteiger partial charge in [0.25, 0.3) is 0 Å². The van der Waals surface area contributed by atoms with Gasteiger partial charge in [0.1, 0.15) is 11.3 Å². The monoisotopic (exact) mass is 447 g/mol. The van der Waals surface area contributed by atoms with Gasteiger partial charge in [0.15, 0.2) is 5.65 Å². The van der Waals surface area contributed by atoms with Crippen molar-refractivity contribution >= 4 is 66.2 Å². The van der Waals surface area contributed by atoms with Crippen LogP contribution in [0.15, 0.2) is 39.4 Å². The summed E-state index contributed by atoms with van der Waals surface area (Å²) in [5, 5.41) is 0.375. The van der Waals surface area contributed by atoms with Crippen LogP contribution in [0.5, 0.6) is 0 Å². The zero-order valence-corrected chi connectivity index (χ0v) is 15.5. The van der Waals surface area contributed by atoms with Crippen molar-refractivity contribution in [2.24, 2.45) is 0 Å². The summed E-state index contributed by atoms with van der Waals surface area (Å²) in [5.74, 6) is 0.732. The van der Waals surface area contributed by atoms with E-state index in [1.807, 2.05) is 35.8 Å². The SMILES string of the molecule is CC(Cl)c1nc2cc(Br)cnc2n1-c1ccc(Br)c(Cl)c1. The fraction of sp³-hybridized carbons (Fsp3) is 0.143. The molecule has 1 aromatic carbocycles.